The summed E-state index contributed by atoms with van der Waals surface area (Å²) >= 11 is 0. The average Bonchev–Trinajstić information content (AvgIpc) is 3.06. The van der Waals surface area contributed by atoms with Gasteiger partial charge in [0, 0.05) is 30.1 Å². The molecule has 1 heterocycles. The summed E-state index contributed by atoms with van der Waals surface area (Å²) in [7, 11) is 2.78. The second kappa shape index (κ2) is 9.40. The van der Waals surface area contributed by atoms with Gasteiger partial charge in [0.25, 0.3) is 0 Å². The van der Waals surface area contributed by atoms with Gasteiger partial charge >= 0.3 is 6.18 Å². The molecule has 0 saturated heterocycles. The van der Waals surface area contributed by atoms with Crippen LogP contribution < -0.4 is 15.0 Å². The number of benzene rings is 2. The fourth-order valence-corrected chi connectivity index (χ4v) is 4.41. The third-order valence-electron chi connectivity index (χ3n) is 5.13. The number of nitrogens with zero attached hydrogens (tertiary/aromatic N) is 2. The van der Waals surface area contributed by atoms with Crippen molar-refractivity contribution >= 4 is 32.2 Å². The van der Waals surface area contributed by atoms with Crippen molar-refractivity contribution in [2.24, 2.45) is 0 Å². The fraction of sp³-hybridized carbons (Fsp3) is 0.333. The second-order valence-electron chi connectivity index (χ2n) is 8.23. The van der Waals surface area contributed by atoms with Gasteiger partial charge in [-0.3, -0.25) is 4.21 Å². The van der Waals surface area contributed by atoms with Crippen LogP contribution in [-0.2, 0) is 16.5 Å². The maximum Gasteiger partial charge on any atom is 0.406 e. The third-order valence-corrected chi connectivity index (χ3v) is 6.65. The first-order valence-corrected chi connectivity index (χ1v) is 12.8. The van der Waals surface area contributed by atoms with E-state index in [4.69, 9.17) is 4.74 Å². The Labute approximate surface area is 193 Å². The molecule has 0 saturated carbocycles. The number of hydrogen-bond donors (Lipinski definition) is 2. The Balaban J connectivity index is 1.90. The highest BCUT2D eigenvalue weighted by Gasteiger charge is 2.30. The molecule has 0 aliphatic carbocycles. The lowest BCUT2D eigenvalue weighted by atomic mass is 10.2. The molecule has 1 aromatic heterocycles. The molecule has 0 radical (unpaired) electrons. The van der Waals surface area contributed by atoms with Gasteiger partial charge in [0.15, 0.2) is 0 Å². The number of fused-ring (bicyclic) bond motifs is 1. The van der Waals surface area contributed by atoms with Crippen molar-refractivity contribution in [1.29, 1.82) is 0 Å². The van der Waals surface area contributed by atoms with Gasteiger partial charge in [0.05, 0.1) is 30.6 Å². The second-order valence-corrected chi connectivity index (χ2v) is 11.4. The molecule has 3 aromatic rings. The Morgan fingerprint density at radius 2 is 1.88 bits per heavy atom. The minimum absolute atomic E-state index is 0.194. The maximum atomic E-state index is 13.3. The van der Waals surface area contributed by atoms with E-state index >= 15 is 0 Å². The van der Waals surface area contributed by atoms with Gasteiger partial charge in [0.1, 0.15) is 12.3 Å². The standard InChI is InChI=1S/C24H28F3N3O2S/c1-29(2)21-9-6-10-22-19(21)14-17(30(22)16-24(25,26)27)8-7-13-28-20-12-11-18(33(4,5)31)15-23(20)32-3/h6,9-12,14-15,28,33H,13,16H2,1-5H3. The molecule has 33 heavy (non-hydrogen) atoms. The first-order chi connectivity index (χ1) is 15.4. The molecular weight excluding hydrogens is 451 g/mol. The van der Waals surface area contributed by atoms with E-state index in [0.29, 0.717) is 32.9 Å². The number of nitrogens with one attached hydrogen (secondary N) is 1. The molecule has 178 valence electrons. The first kappa shape index (κ1) is 24.5. The van der Waals surface area contributed by atoms with Crippen LogP contribution in [0.15, 0.2) is 47.4 Å². The van der Waals surface area contributed by atoms with Gasteiger partial charge in [-0.25, -0.2) is 0 Å². The largest absolute Gasteiger partial charge is 0.495 e. The van der Waals surface area contributed by atoms with E-state index in [-0.39, 0.29) is 6.54 Å². The molecular formula is C24H28F3N3O2S. The predicted molar refractivity (Wildman–Crippen MR) is 130 cm³/mol. The van der Waals surface area contributed by atoms with E-state index in [1.807, 2.05) is 25.1 Å². The van der Waals surface area contributed by atoms with Crippen molar-refractivity contribution in [3.05, 3.63) is 48.2 Å². The number of methoxy groups -OCH3 is 1. The molecule has 0 atom stereocenters. The zero-order chi connectivity index (χ0) is 24.4. The Morgan fingerprint density at radius 1 is 1.15 bits per heavy atom. The number of aromatic nitrogens is 1. The van der Waals surface area contributed by atoms with Crippen LogP contribution in [0.3, 0.4) is 0 Å². The first-order valence-electron chi connectivity index (χ1n) is 10.2. The molecule has 0 spiro atoms. The van der Waals surface area contributed by atoms with Gasteiger partial charge in [-0.05, 0) is 54.8 Å². The summed E-state index contributed by atoms with van der Waals surface area (Å²) in [5.74, 6) is 6.32. The third kappa shape index (κ3) is 5.82. The van der Waals surface area contributed by atoms with Crippen LogP contribution in [0, 0.1) is 11.8 Å². The molecule has 0 fully saturated rings. The van der Waals surface area contributed by atoms with Gasteiger partial charge in [-0.2, -0.15) is 13.2 Å². The maximum absolute atomic E-state index is 13.3. The Bertz CT molecular complexity index is 1260. The van der Waals surface area contributed by atoms with Crippen LogP contribution in [0.4, 0.5) is 24.5 Å². The van der Waals surface area contributed by atoms with E-state index in [1.165, 1.54) is 11.7 Å². The van der Waals surface area contributed by atoms with Crippen LogP contribution in [-0.4, -0.2) is 55.2 Å². The Hall–Kier alpha value is -3.12. The zero-order valence-electron chi connectivity index (χ0n) is 19.2. The lowest BCUT2D eigenvalue weighted by molar-refractivity contribution is -0.140. The minimum atomic E-state index is -4.37. The minimum Gasteiger partial charge on any atom is -0.495 e. The lowest BCUT2D eigenvalue weighted by Crippen LogP contribution is -2.18. The number of hydrogen-bond acceptors (Lipinski definition) is 4. The van der Waals surface area contributed by atoms with E-state index in [1.54, 1.807) is 48.9 Å². The number of anilines is 2. The van der Waals surface area contributed by atoms with Crippen molar-refractivity contribution in [2.45, 2.75) is 17.6 Å². The van der Waals surface area contributed by atoms with Crippen molar-refractivity contribution < 1.29 is 22.1 Å². The summed E-state index contributed by atoms with van der Waals surface area (Å²) in [5, 5.41) is 3.83. The number of rotatable bonds is 6. The average molecular weight is 480 g/mol. The molecule has 0 aliphatic rings. The topological polar surface area (TPSA) is 46.5 Å². The van der Waals surface area contributed by atoms with E-state index in [9.17, 15) is 17.4 Å². The molecule has 5 nitrogen and oxygen atoms in total. The summed E-state index contributed by atoms with van der Waals surface area (Å²) < 4.78 is 58.7. The summed E-state index contributed by atoms with van der Waals surface area (Å²) in [4.78, 5) is 2.56. The van der Waals surface area contributed by atoms with Crippen LogP contribution in [0.25, 0.3) is 10.9 Å². The predicted octanol–water partition coefficient (Wildman–Crippen LogP) is 4.38. The molecule has 0 amide bonds. The fourth-order valence-electron chi connectivity index (χ4n) is 3.55. The van der Waals surface area contributed by atoms with Crippen molar-refractivity contribution in [2.75, 3.05) is 50.5 Å². The van der Waals surface area contributed by atoms with Crippen molar-refractivity contribution in [3.8, 4) is 17.6 Å². The van der Waals surface area contributed by atoms with Crippen LogP contribution in [0.1, 0.15) is 5.69 Å². The molecule has 2 aromatic carbocycles. The smallest absolute Gasteiger partial charge is 0.406 e. The lowest BCUT2D eigenvalue weighted by Gasteiger charge is -2.16. The van der Waals surface area contributed by atoms with Gasteiger partial charge < -0.3 is 19.5 Å². The quantitative estimate of drug-likeness (QED) is 0.407. The Kier molecular flexibility index (Phi) is 6.98. The summed E-state index contributed by atoms with van der Waals surface area (Å²) in [6.45, 7) is -0.923. The number of ether oxygens (including phenoxy) is 1. The highest BCUT2D eigenvalue weighted by atomic mass is 32.2. The molecule has 0 aliphatic heterocycles. The number of alkyl halides is 3. The number of halogens is 3. The normalized spacial score (nSPS) is 12.2. The zero-order valence-corrected chi connectivity index (χ0v) is 20.1. The highest BCUT2D eigenvalue weighted by molar-refractivity contribution is 8.01. The molecule has 9 heteroatoms. The van der Waals surface area contributed by atoms with E-state index < -0.39 is 22.7 Å². The van der Waals surface area contributed by atoms with Gasteiger partial charge in [-0.1, -0.05) is 21.9 Å². The molecule has 1 N–H and O–H groups in total. The van der Waals surface area contributed by atoms with Crippen LogP contribution in [0.5, 0.6) is 5.75 Å². The molecule has 0 unspecified atom stereocenters. The monoisotopic (exact) mass is 479 g/mol. The molecule has 3 rings (SSSR count). The highest BCUT2D eigenvalue weighted by Crippen LogP contribution is 2.31. The van der Waals surface area contributed by atoms with Crippen LogP contribution >= 0.6 is 0 Å². The summed E-state index contributed by atoms with van der Waals surface area (Å²) in [6, 6.07) is 12.2. The molecule has 0 bridgehead atoms. The van der Waals surface area contributed by atoms with Crippen molar-refractivity contribution in [1.82, 2.24) is 4.57 Å². The van der Waals surface area contributed by atoms with Gasteiger partial charge in [-0.15, -0.1) is 0 Å². The summed E-state index contributed by atoms with van der Waals surface area (Å²) in [6.07, 6.45) is -1.01. The Morgan fingerprint density at radius 3 is 2.48 bits per heavy atom. The van der Waals surface area contributed by atoms with Crippen LogP contribution in [0.2, 0.25) is 0 Å². The van der Waals surface area contributed by atoms with E-state index in [0.717, 1.165) is 5.69 Å². The van der Waals surface area contributed by atoms with E-state index in [2.05, 4.69) is 17.2 Å². The van der Waals surface area contributed by atoms with Gasteiger partial charge in [0.2, 0.25) is 0 Å². The SMILES string of the molecule is COc1cc([SH](C)(C)=O)ccc1NCC#Cc1cc2c(N(C)C)cccc2n1CC(F)(F)F. The summed E-state index contributed by atoms with van der Waals surface area (Å²) in [5.41, 5.74) is 2.26. The van der Waals surface area contributed by atoms with Crippen molar-refractivity contribution in [3.63, 3.8) is 0 Å². The number of thiol groups is 1.